The molecule has 2 aliphatic rings. The number of primary amides is 1. The number of piperazine rings is 1. The predicted molar refractivity (Wildman–Crippen MR) is 132 cm³/mol. The van der Waals surface area contributed by atoms with Crippen LogP contribution in [0, 0.1) is 11.3 Å². The summed E-state index contributed by atoms with van der Waals surface area (Å²) in [4.78, 5) is 30.4. The lowest BCUT2D eigenvalue weighted by atomic mass is 9.86. The van der Waals surface area contributed by atoms with Crippen LogP contribution in [-0.4, -0.2) is 86.0 Å². The minimum Gasteiger partial charge on any atom is -0.465 e. The SMILES string of the molecule is CCOC(=O)CN1CCC(N2CCN(c3ccc(C(=N)N)cc3)CC2)C(CCC(N)=O)C1.Cl. The Hall–Kier alpha value is -2.36. The molecule has 1 amide bonds. The Morgan fingerprint density at radius 1 is 1.09 bits per heavy atom. The molecule has 5 N–H and O–H groups in total. The fourth-order valence-corrected chi connectivity index (χ4v) is 4.88. The highest BCUT2D eigenvalue weighted by Crippen LogP contribution is 2.28. The van der Waals surface area contributed by atoms with Gasteiger partial charge in [0.05, 0.1) is 13.2 Å². The molecule has 33 heavy (non-hydrogen) atoms. The van der Waals surface area contributed by atoms with Crippen molar-refractivity contribution in [2.75, 3.05) is 57.3 Å². The number of benzene rings is 1. The van der Waals surface area contributed by atoms with Crippen LogP contribution < -0.4 is 16.4 Å². The summed E-state index contributed by atoms with van der Waals surface area (Å²) in [6, 6.07) is 8.22. The number of hydrogen-bond acceptors (Lipinski definition) is 7. The van der Waals surface area contributed by atoms with Gasteiger partial charge in [-0.25, -0.2) is 0 Å². The van der Waals surface area contributed by atoms with Crippen LogP contribution in [0.1, 0.15) is 31.7 Å². The number of halogens is 1. The average Bonchev–Trinajstić information content (AvgIpc) is 2.78. The molecule has 2 heterocycles. The van der Waals surface area contributed by atoms with E-state index in [0.29, 0.717) is 31.5 Å². The van der Waals surface area contributed by atoms with Gasteiger partial charge in [0.15, 0.2) is 0 Å². The molecule has 2 aliphatic heterocycles. The normalized spacial score (nSPS) is 21.8. The van der Waals surface area contributed by atoms with Crippen LogP contribution in [0.15, 0.2) is 24.3 Å². The number of hydrogen-bond donors (Lipinski definition) is 3. The molecule has 10 heteroatoms. The Kier molecular flexibility index (Phi) is 10.4. The number of esters is 1. The van der Waals surface area contributed by atoms with E-state index < -0.39 is 0 Å². The molecule has 2 fully saturated rings. The van der Waals surface area contributed by atoms with Crippen LogP contribution >= 0.6 is 12.4 Å². The third-order valence-corrected chi connectivity index (χ3v) is 6.52. The molecular weight excluding hydrogens is 444 g/mol. The van der Waals surface area contributed by atoms with Crippen molar-refractivity contribution in [1.29, 1.82) is 5.41 Å². The predicted octanol–water partition coefficient (Wildman–Crippen LogP) is 1.03. The second-order valence-electron chi connectivity index (χ2n) is 8.64. The van der Waals surface area contributed by atoms with Crippen LogP contribution in [0.25, 0.3) is 0 Å². The van der Waals surface area contributed by atoms with E-state index in [-0.39, 0.29) is 30.1 Å². The molecule has 2 unspecified atom stereocenters. The molecule has 0 spiro atoms. The number of nitrogens with one attached hydrogen (secondary N) is 1. The quantitative estimate of drug-likeness (QED) is 0.273. The van der Waals surface area contributed by atoms with Gasteiger partial charge in [-0.15, -0.1) is 12.4 Å². The van der Waals surface area contributed by atoms with Crippen molar-refractivity contribution in [2.24, 2.45) is 17.4 Å². The third kappa shape index (κ3) is 7.58. The summed E-state index contributed by atoms with van der Waals surface area (Å²) >= 11 is 0. The van der Waals surface area contributed by atoms with Crippen molar-refractivity contribution in [3.63, 3.8) is 0 Å². The lowest BCUT2D eigenvalue weighted by Gasteiger charge is -2.47. The van der Waals surface area contributed by atoms with Crippen LogP contribution in [0.3, 0.4) is 0 Å². The van der Waals surface area contributed by atoms with Gasteiger partial charge in [0.25, 0.3) is 0 Å². The van der Waals surface area contributed by atoms with E-state index in [0.717, 1.165) is 63.4 Å². The zero-order chi connectivity index (χ0) is 23.1. The van der Waals surface area contributed by atoms with Crippen LogP contribution in [-0.2, 0) is 14.3 Å². The minimum atomic E-state index is -0.273. The summed E-state index contributed by atoms with van der Waals surface area (Å²) in [7, 11) is 0. The Bertz CT molecular complexity index is 798. The highest BCUT2D eigenvalue weighted by molar-refractivity contribution is 5.95. The Morgan fingerprint density at radius 3 is 2.33 bits per heavy atom. The van der Waals surface area contributed by atoms with Crippen molar-refractivity contribution >= 4 is 35.8 Å². The van der Waals surface area contributed by atoms with Crippen LogP contribution in [0.4, 0.5) is 5.69 Å². The number of nitrogen functional groups attached to an aromatic ring is 1. The van der Waals surface area contributed by atoms with E-state index in [1.54, 1.807) is 0 Å². The lowest BCUT2D eigenvalue weighted by molar-refractivity contribution is -0.145. The highest BCUT2D eigenvalue weighted by atomic mass is 35.5. The number of likely N-dealkylation sites (tertiary alicyclic amines) is 1. The fraction of sp³-hybridized carbons (Fsp3) is 0.609. The van der Waals surface area contributed by atoms with Crippen molar-refractivity contribution in [3.05, 3.63) is 29.8 Å². The smallest absolute Gasteiger partial charge is 0.320 e. The zero-order valence-electron chi connectivity index (χ0n) is 19.4. The monoisotopic (exact) mass is 480 g/mol. The number of piperidine rings is 1. The lowest BCUT2D eigenvalue weighted by Crippen LogP contribution is -2.57. The molecule has 1 aromatic carbocycles. The van der Waals surface area contributed by atoms with Crippen molar-refractivity contribution in [2.45, 2.75) is 32.2 Å². The maximum Gasteiger partial charge on any atom is 0.320 e. The molecule has 1 aromatic rings. The number of rotatable bonds is 9. The van der Waals surface area contributed by atoms with E-state index >= 15 is 0 Å². The topological polar surface area (TPSA) is 129 Å². The first-order valence-electron chi connectivity index (χ1n) is 11.5. The Morgan fingerprint density at radius 2 is 1.76 bits per heavy atom. The maximum atomic E-state index is 11.9. The summed E-state index contributed by atoms with van der Waals surface area (Å²) in [5.74, 6) is -0.0844. The van der Waals surface area contributed by atoms with Crippen LogP contribution in [0.5, 0.6) is 0 Å². The molecule has 0 radical (unpaired) electrons. The molecule has 9 nitrogen and oxygen atoms in total. The van der Waals surface area contributed by atoms with Gasteiger partial charge in [-0.05, 0) is 49.9 Å². The number of carbonyl (C=O) groups excluding carboxylic acids is 2. The van der Waals surface area contributed by atoms with E-state index in [2.05, 4.69) is 14.7 Å². The molecule has 2 atom stereocenters. The average molecular weight is 481 g/mol. The number of carbonyl (C=O) groups is 2. The summed E-state index contributed by atoms with van der Waals surface area (Å²) in [5, 5.41) is 7.54. The first kappa shape index (κ1) is 26.9. The summed E-state index contributed by atoms with van der Waals surface area (Å²) in [6.45, 7) is 7.88. The largest absolute Gasteiger partial charge is 0.465 e. The first-order chi connectivity index (χ1) is 15.4. The van der Waals surface area contributed by atoms with Gasteiger partial charge in [-0.2, -0.15) is 0 Å². The number of amides is 1. The molecule has 0 bridgehead atoms. The number of ether oxygens (including phenoxy) is 1. The molecular formula is C23H37ClN6O3. The molecule has 3 rings (SSSR count). The standard InChI is InChI=1S/C23H36N6O3.ClH/c1-2-32-22(31)16-27-10-9-20(18(15-27)5-8-21(24)30)29-13-11-28(12-14-29)19-6-3-17(4-7-19)23(25)26;/h3-4,6-7,18,20H,2,5,8-16H2,1H3,(H2,24,30)(H3,25,26);1H. The first-order valence-corrected chi connectivity index (χ1v) is 11.5. The van der Waals surface area contributed by atoms with Crippen molar-refractivity contribution in [1.82, 2.24) is 9.80 Å². The summed E-state index contributed by atoms with van der Waals surface area (Å²) in [6.07, 6.45) is 2.08. The fourth-order valence-electron chi connectivity index (χ4n) is 4.88. The number of anilines is 1. The van der Waals surface area contributed by atoms with E-state index in [4.69, 9.17) is 21.6 Å². The Labute approximate surface area is 202 Å². The van der Waals surface area contributed by atoms with Gasteiger partial charge in [0.1, 0.15) is 5.84 Å². The van der Waals surface area contributed by atoms with Crippen molar-refractivity contribution in [3.8, 4) is 0 Å². The van der Waals surface area contributed by atoms with Gasteiger partial charge in [-0.3, -0.25) is 24.8 Å². The van der Waals surface area contributed by atoms with Gasteiger partial charge >= 0.3 is 5.97 Å². The molecule has 0 saturated carbocycles. The number of amidine groups is 1. The van der Waals surface area contributed by atoms with Crippen molar-refractivity contribution < 1.29 is 14.3 Å². The third-order valence-electron chi connectivity index (χ3n) is 6.52. The van der Waals surface area contributed by atoms with Crippen LogP contribution in [0.2, 0.25) is 0 Å². The minimum absolute atomic E-state index is 0. The van der Waals surface area contributed by atoms with E-state index in [1.807, 2.05) is 31.2 Å². The second kappa shape index (κ2) is 12.8. The molecule has 184 valence electrons. The van der Waals surface area contributed by atoms with Gasteiger partial charge in [-0.1, -0.05) is 0 Å². The van der Waals surface area contributed by atoms with E-state index in [9.17, 15) is 9.59 Å². The van der Waals surface area contributed by atoms with Gasteiger partial charge < -0.3 is 21.1 Å². The maximum absolute atomic E-state index is 11.9. The molecule has 0 aliphatic carbocycles. The molecule has 2 saturated heterocycles. The number of nitrogens with two attached hydrogens (primary N) is 2. The summed E-state index contributed by atoms with van der Waals surface area (Å²) in [5.41, 5.74) is 12.9. The summed E-state index contributed by atoms with van der Waals surface area (Å²) < 4.78 is 5.11. The highest BCUT2D eigenvalue weighted by Gasteiger charge is 2.35. The second-order valence-corrected chi connectivity index (χ2v) is 8.64. The van der Waals surface area contributed by atoms with Gasteiger partial charge in [0.2, 0.25) is 5.91 Å². The molecule has 0 aromatic heterocycles. The zero-order valence-corrected chi connectivity index (χ0v) is 20.2. The Balaban J connectivity index is 0.00000385. The van der Waals surface area contributed by atoms with Gasteiger partial charge in [0, 0.05) is 63.0 Å². The number of nitrogens with zero attached hydrogens (tertiary/aromatic N) is 3. The van der Waals surface area contributed by atoms with E-state index in [1.165, 1.54) is 0 Å².